The van der Waals surface area contributed by atoms with Gasteiger partial charge in [0, 0.05) is 24.3 Å². The number of fused-ring (bicyclic) bond motifs is 1. The van der Waals surface area contributed by atoms with E-state index in [0.29, 0.717) is 12.0 Å². The molecule has 1 aromatic heterocycles. The number of aromatic nitrogens is 2. The zero-order valence-electron chi connectivity index (χ0n) is 14.5. The molecule has 2 heterocycles. The number of rotatable bonds is 4. The number of anilines is 2. The molecule has 0 saturated carbocycles. The van der Waals surface area contributed by atoms with Crippen molar-refractivity contribution in [2.45, 2.75) is 58.7 Å². The molecule has 4 nitrogen and oxygen atoms in total. The lowest BCUT2D eigenvalue weighted by Gasteiger charge is -2.44. The molecule has 0 unspecified atom stereocenters. The maximum atomic E-state index is 4.76. The van der Waals surface area contributed by atoms with E-state index in [-0.39, 0.29) is 5.54 Å². The molecule has 0 spiro atoms. The fraction of sp³-hybridized carbons (Fsp3) is 0.474. The fourth-order valence-electron chi connectivity index (χ4n) is 3.11. The predicted octanol–water partition coefficient (Wildman–Crippen LogP) is 4.03. The average molecular weight is 310 g/mol. The van der Waals surface area contributed by atoms with Crippen LogP contribution in [0.4, 0.5) is 11.8 Å². The van der Waals surface area contributed by atoms with Crippen LogP contribution in [0.2, 0.25) is 0 Å². The summed E-state index contributed by atoms with van der Waals surface area (Å²) in [4.78, 5) is 11.5. The van der Waals surface area contributed by atoms with Crippen molar-refractivity contribution in [1.29, 1.82) is 0 Å². The standard InChI is InChI=1S/C19H26N4/c1-5-14(2)21-18-20-11-10-17(22-18)23-13-16-9-7-6-8-15(16)12-19(23,3)4/h6-11,14H,5,12-13H2,1-4H3,(H,20,21,22)/t14-/m1/s1. The molecule has 4 heteroatoms. The molecule has 1 aliphatic rings. The summed E-state index contributed by atoms with van der Waals surface area (Å²) in [5.41, 5.74) is 2.87. The summed E-state index contributed by atoms with van der Waals surface area (Å²) in [6, 6.07) is 11.1. The van der Waals surface area contributed by atoms with Crippen LogP contribution in [0.15, 0.2) is 36.5 Å². The van der Waals surface area contributed by atoms with Gasteiger partial charge in [0.1, 0.15) is 5.82 Å². The molecule has 0 aliphatic carbocycles. The molecule has 1 aliphatic heterocycles. The minimum Gasteiger partial charge on any atom is -0.352 e. The van der Waals surface area contributed by atoms with Crippen LogP contribution in [0, 0.1) is 0 Å². The van der Waals surface area contributed by atoms with Crippen LogP contribution < -0.4 is 10.2 Å². The van der Waals surface area contributed by atoms with Crippen molar-refractivity contribution in [2.24, 2.45) is 0 Å². The van der Waals surface area contributed by atoms with Gasteiger partial charge in [0.05, 0.1) is 0 Å². The monoisotopic (exact) mass is 310 g/mol. The van der Waals surface area contributed by atoms with E-state index in [2.05, 4.69) is 67.2 Å². The summed E-state index contributed by atoms with van der Waals surface area (Å²) in [6.45, 7) is 9.77. The van der Waals surface area contributed by atoms with E-state index in [1.54, 1.807) is 0 Å². The summed E-state index contributed by atoms with van der Waals surface area (Å²) < 4.78 is 0. The molecule has 3 rings (SSSR count). The van der Waals surface area contributed by atoms with E-state index in [4.69, 9.17) is 4.98 Å². The van der Waals surface area contributed by atoms with Crippen molar-refractivity contribution in [3.05, 3.63) is 47.7 Å². The predicted molar refractivity (Wildman–Crippen MR) is 95.8 cm³/mol. The molecule has 2 aromatic rings. The third-order valence-electron chi connectivity index (χ3n) is 4.71. The van der Waals surface area contributed by atoms with Crippen molar-refractivity contribution < 1.29 is 0 Å². The Morgan fingerprint density at radius 3 is 2.70 bits per heavy atom. The van der Waals surface area contributed by atoms with Gasteiger partial charge in [-0.25, -0.2) is 4.98 Å². The zero-order valence-corrected chi connectivity index (χ0v) is 14.5. The van der Waals surface area contributed by atoms with Crippen molar-refractivity contribution in [3.8, 4) is 0 Å². The lowest BCUT2D eigenvalue weighted by Crippen LogP contribution is -2.49. The first kappa shape index (κ1) is 15.8. The number of nitrogens with zero attached hydrogens (tertiary/aromatic N) is 3. The molecular weight excluding hydrogens is 284 g/mol. The molecule has 0 saturated heterocycles. The molecule has 0 radical (unpaired) electrons. The highest BCUT2D eigenvalue weighted by atomic mass is 15.3. The molecular formula is C19H26N4. The lowest BCUT2D eigenvalue weighted by molar-refractivity contribution is 0.427. The first-order valence-corrected chi connectivity index (χ1v) is 8.43. The Bertz CT molecular complexity index is 681. The van der Waals surface area contributed by atoms with Gasteiger partial charge in [-0.2, -0.15) is 4.98 Å². The second-order valence-corrected chi connectivity index (χ2v) is 7.04. The largest absolute Gasteiger partial charge is 0.352 e. The van der Waals surface area contributed by atoms with Crippen LogP contribution in [0.1, 0.15) is 45.2 Å². The summed E-state index contributed by atoms with van der Waals surface area (Å²) in [5, 5.41) is 3.37. The van der Waals surface area contributed by atoms with Crippen LogP contribution >= 0.6 is 0 Å². The molecule has 1 N–H and O–H groups in total. The Balaban J connectivity index is 1.90. The van der Waals surface area contributed by atoms with Gasteiger partial charge in [0.2, 0.25) is 5.95 Å². The topological polar surface area (TPSA) is 41.1 Å². The van der Waals surface area contributed by atoms with Gasteiger partial charge in [0.25, 0.3) is 0 Å². The Morgan fingerprint density at radius 1 is 1.22 bits per heavy atom. The SMILES string of the molecule is CC[C@@H](C)Nc1nccc(N2Cc3ccccc3CC2(C)C)n1. The molecule has 0 bridgehead atoms. The van der Waals surface area contributed by atoms with Crippen LogP contribution in [0.25, 0.3) is 0 Å². The van der Waals surface area contributed by atoms with Gasteiger partial charge >= 0.3 is 0 Å². The van der Waals surface area contributed by atoms with Crippen molar-refractivity contribution in [1.82, 2.24) is 9.97 Å². The average Bonchev–Trinajstić information content (AvgIpc) is 2.53. The Kier molecular flexibility index (Phi) is 4.24. The van der Waals surface area contributed by atoms with Gasteiger partial charge < -0.3 is 10.2 Å². The third-order valence-corrected chi connectivity index (χ3v) is 4.71. The highest BCUT2D eigenvalue weighted by Gasteiger charge is 2.33. The molecule has 1 aromatic carbocycles. The van der Waals surface area contributed by atoms with E-state index in [1.165, 1.54) is 11.1 Å². The molecule has 23 heavy (non-hydrogen) atoms. The quantitative estimate of drug-likeness (QED) is 0.925. The van der Waals surface area contributed by atoms with Gasteiger partial charge in [-0.1, -0.05) is 31.2 Å². The van der Waals surface area contributed by atoms with Crippen molar-refractivity contribution in [3.63, 3.8) is 0 Å². The number of nitrogens with one attached hydrogen (secondary N) is 1. The minimum absolute atomic E-state index is 0.0380. The Labute approximate surface area is 139 Å². The highest BCUT2D eigenvalue weighted by molar-refractivity contribution is 5.49. The molecule has 0 fully saturated rings. The first-order chi connectivity index (χ1) is 11.0. The lowest BCUT2D eigenvalue weighted by atomic mass is 9.85. The smallest absolute Gasteiger partial charge is 0.224 e. The second kappa shape index (κ2) is 6.19. The minimum atomic E-state index is 0.0380. The van der Waals surface area contributed by atoms with E-state index in [0.717, 1.165) is 25.2 Å². The summed E-state index contributed by atoms with van der Waals surface area (Å²) >= 11 is 0. The van der Waals surface area contributed by atoms with Crippen LogP contribution in [0.3, 0.4) is 0 Å². The number of hydrogen-bond donors (Lipinski definition) is 1. The van der Waals surface area contributed by atoms with E-state index in [9.17, 15) is 0 Å². The summed E-state index contributed by atoms with van der Waals surface area (Å²) in [7, 11) is 0. The van der Waals surface area contributed by atoms with E-state index in [1.807, 2.05) is 12.3 Å². The first-order valence-electron chi connectivity index (χ1n) is 8.43. The third kappa shape index (κ3) is 3.31. The maximum Gasteiger partial charge on any atom is 0.224 e. The normalized spacial score (nSPS) is 17.5. The Morgan fingerprint density at radius 2 is 1.96 bits per heavy atom. The van der Waals surface area contributed by atoms with Crippen LogP contribution in [0.5, 0.6) is 0 Å². The van der Waals surface area contributed by atoms with Gasteiger partial charge in [-0.3, -0.25) is 0 Å². The van der Waals surface area contributed by atoms with E-state index < -0.39 is 0 Å². The zero-order chi connectivity index (χ0) is 16.4. The van der Waals surface area contributed by atoms with Crippen LogP contribution in [-0.4, -0.2) is 21.5 Å². The van der Waals surface area contributed by atoms with Gasteiger partial charge in [0.15, 0.2) is 0 Å². The molecule has 0 amide bonds. The van der Waals surface area contributed by atoms with Crippen molar-refractivity contribution >= 4 is 11.8 Å². The molecule has 122 valence electrons. The van der Waals surface area contributed by atoms with Gasteiger partial charge in [-0.15, -0.1) is 0 Å². The van der Waals surface area contributed by atoms with Gasteiger partial charge in [-0.05, 0) is 50.8 Å². The fourth-order valence-corrected chi connectivity index (χ4v) is 3.11. The summed E-state index contributed by atoms with van der Waals surface area (Å²) in [6.07, 6.45) is 3.93. The van der Waals surface area contributed by atoms with E-state index >= 15 is 0 Å². The Hall–Kier alpha value is -2.10. The van der Waals surface area contributed by atoms with Crippen LogP contribution in [-0.2, 0) is 13.0 Å². The highest BCUT2D eigenvalue weighted by Crippen LogP contribution is 2.34. The second-order valence-electron chi connectivity index (χ2n) is 7.04. The summed E-state index contributed by atoms with van der Waals surface area (Å²) in [5.74, 6) is 1.71. The van der Waals surface area contributed by atoms with Crippen molar-refractivity contribution in [2.75, 3.05) is 10.2 Å². The number of hydrogen-bond acceptors (Lipinski definition) is 4. The molecule has 1 atom stereocenters. The number of benzene rings is 1. The maximum absolute atomic E-state index is 4.76.